The molecule has 1 aromatic heterocycles. The molecular formula is C22H21N3O4S. The molecule has 0 atom stereocenters. The van der Waals surface area contributed by atoms with Crippen LogP contribution in [0.5, 0.6) is 5.75 Å². The fourth-order valence-electron chi connectivity index (χ4n) is 3.96. The molecule has 1 saturated carbocycles. The van der Waals surface area contributed by atoms with Gasteiger partial charge in [0.25, 0.3) is 5.56 Å². The Labute approximate surface area is 173 Å². The number of benzene rings is 2. The fourth-order valence-corrected chi connectivity index (χ4v) is 5.30. The van der Waals surface area contributed by atoms with E-state index in [0.717, 1.165) is 11.8 Å². The van der Waals surface area contributed by atoms with E-state index in [1.165, 1.54) is 18.9 Å². The minimum Gasteiger partial charge on any atom is -0.506 e. The Morgan fingerprint density at radius 1 is 1.17 bits per heavy atom. The number of pyridine rings is 1. The number of nitrogens with zero attached hydrogens (tertiary/aromatic N) is 1. The summed E-state index contributed by atoms with van der Waals surface area (Å²) in [6, 6.07) is 11.6. The first-order chi connectivity index (χ1) is 14.3. The van der Waals surface area contributed by atoms with Crippen molar-refractivity contribution in [3.8, 4) is 5.75 Å². The minimum atomic E-state index is -3.84. The molecule has 7 nitrogen and oxygen atoms in total. The van der Waals surface area contributed by atoms with Crippen molar-refractivity contribution in [2.24, 2.45) is 5.92 Å². The van der Waals surface area contributed by atoms with Gasteiger partial charge in [0, 0.05) is 17.6 Å². The number of fused-ring (bicyclic) bond motifs is 2. The lowest BCUT2D eigenvalue weighted by molar-refractivity contribution is 0.475. The Morgan fingerprint density at radius 2 is 1.93 bits per heavy atom. The number of nitrogens with two attached hydrogens (primary N) is 1. The molecule has 1 aliphatic heterocycles. The molecule has 0 radical (unpaired) electrons. The molecule has 30 heavy (non-hydrogen) atoms. The lowest BCUT2D eigenvalue weighted by Gasteiger charge is -2.22. The molecule has 1 aliphatic carbocycles. The molecule has 0 unspecified atom stereocenters. The molecule has 5 rings (SSSR count). The molecule has 0 spiro atoms. The van der Waals surface area contributed by atoms with Crippen LogP contribution in [0.2, 0.25) is 0 Å². The predicted molar refractivity (Wildman–Crippen MR) is 117 cm³/mol. The summed E-state index contributed by atoms with van der Waals surface area (Å²) in [5.41, 5.74) is 6.61. The minimum absolute atomic E-state index is 0.0422. The van der Waals surface area contributed by atoms with Crippen LogP contribution in [0.25, 0.3) is 16.6 Å². The average Bonchev–Trinajstić information content (AvgIpc) is 3.53. The topological polar surface area (TPSA) is 114 Å². The van der Waals surface area contributed by atoms with E-state index in [1.54, 1.807) is 34.9 Å². The van der Waals surface area contributed by atoms with E-state index < -0.39 is 15.4 Å². The number of aromatic hydroxyl groups is 1. The summed E-state index contributed by atoms with van der Waals surface area (Å²) < 4.78 is 27.3. The maximum atomic E-state index is 13.4. The van der Waals surface area contributed by atoms with Crippen LogP contribution in [0.3, 0.4) is 0 Å². The second-order valence-electron chi connectivity index (χ2n) is 7.89. The van der Waals surface area contributed by atoms with Gasteiger partial charge in [-0.3, -0.25) is 4.79 Å². The molecule has 2 aliphatic rings. The number of aryl methyl sites for hydroxylation is 1. The number of rotatable bonds is 4. The number of anilines is 2. The van der Waals surface area contributed by atoms with Gasteiger partial charge < -0.3 is 20.7 Å². The molecule has 3 aromatic rings. The number of aromatic nitrogens is 1. The fraction of sp³-hybridized carbons (Fsp3) is 0.227. The molecule has 154 valence electrons. The van der Waals surface area contributed by atoms with Gasteiger partial charge in [0.1, 0.15) is 11.3 Å². The molecular weight excluding hydrogens is 402 g/mol. The van der Waals surface area contributed by atoms with Gasteiger partial charge in [0.2, 0.25) is 9.84 Å². The number of hydrogen-bond donors (Lipinski definition) is 3. The highest BCUT2D eigenvalue weighted by Crippen LogP contribution is 2.38. The Kier molecular flexibility index (Phi) is 4.14. The van der Waals surface area contributed by atoms with E-state index in [9.17, 15) is 18.3 Å². The van der Waals surface area contributed by atoms with Crippen LogP contribution < -0.4 is 16.6 Å². The van der Waals surface area contributed by atoms with Gasteiger partial charge >= 0.3 is 0 Å². The number of hydrogen-bond acceptors (Lipinski definition) is 6. The summed E-state index contributed by atoms with van der Waals surface area (Å²) in [6.45, 7) is 0.518. The van der Waals surface area contributed by atoms with Gasteiger partial charge in [-0.2, -0.15) is 0 Å². The largest absolute Gasteiger partial charge is 0.506 e. The van der Waals surface area contributed by atoms with Crippen molar-refractivity contribution in [3.63, 3.8) is 0 Å². The maximum absolute atomic E-state index is 13.4. The molecule has 1 fully saturated rings. The van der Waals surface area contributed by atoms with Crippen molar-refractivity contribution in [2.45, 2.75) is 30.7 Å². The Balaban J connectivity index is 1.72. The normalized spacial score (nSPS) is 17.3. The van der Waals surface area contributed by atoms with Gasteiger partial charge in [-0.15, -0.1) is 0 Å². The van der Waals surface area contributed by atoms with Gasteiger partial charge in [0.05, 0.1) is 27.2 Å². The zero-order valence-corrected chi connectivity index (χ0v) is 16.9. The first-order valence-electron chi connectivity index (χ1n) is 9.83. The van der Waals surface area contributed by atoms with Crippen molar-refractivity contribution >= 4 is 37.8 Å². The third kappa shape index (κ3) is 3.04. The summed E-state index contributed by atoms with van der Waals surface area (Å²) in [6.07, 6.45) is 3.21. The van der Waals surface area contributed by atoms with Crippen molar-refractivity contribution in [3.05, 3.63) is 63.8 Å². The van der Waals surface area contributed by atoms with Crippen LogP contribution in [0.15, 0.2) is 57.6 Å². The van der Waals surface area contributed by atoms with Crippen LogP contribution in [0.1, 0.15) is 24.8 Å². The highest BCUT2D eigenvalue weighted by molar-refractivity contribution is 7.94. The molecule has 0 bridgehead atoms. The Morgan fingerprint density at radius 3 is 2.70 bits per heavy atom. The highest BCUT2D eigenvalue weighted by atomic mass is 32.2. The van der Waals surface area contributed by atoms with Crippen LogP contribution >= 0.6 is 0 Å². The van der Waals surface area contributed by atoms with Gasteiger partial charge in [-0.25, -0.2) is 8.42 Å². The summed E-state index contributed by atoms with van der Waals surface area (Å²) in [5.74, 6) is 0.392. The lowest BCUT2D eigenvalue weighted by atomic mass is 10.1. The van der Waals surface area contributed by atoms with E-state index in [-0.39, 0.29) is 21.9 Å². The standard InChI is InChI=1S/C22H21N3O4S/c23-14-7-8-16-19(11-14)30(28,29)12-17(24-16)20-21(26)15-3-1-2-4-18(15)25(22(20)27)10-9-13-5-6-13/h1-4,7-8,11-13,24,26H,5-6,9-10,23H2. The molecule has 0 amide bonds. The summed E-state index contributed by atoms with van der Waals surface area (Å²) in [7, 11) is -3.84. The van der Waals surface area contributed by atoms with Crippen molar-refractivity contribution in [2.75, 3.05) is 11.1 Å². The van der Waals surface area contributed by atoms with E-state index in [1.807, 2.05) is 6.07 Å². The van der Waals surface area contributed by atoms with E-state index in [4.69, 9.17) is 5.73 Å². The van der Waals surface area contributed by atoms with Crippen molar-refractivity contribution < 1.29 is 13.5 Å². The van der Waals surface area contributed by atoms with Crippen LogP contribution in [-0.2, 0) is 16.4 Å². The Hall–Kier alpha value is -3.26. The maximum Gasteiger partial charge on any atom is 0.264 e. The van der Waals surface area contributed by atoms with E-state index in [0.29, 0.717) is 34.7 Å². The van der Waals surface area contributed by atoms with Crippen molar-refractivity contribution in [1.29, 1.82) is 0 Å². The number of nitrogens with one attached hydrogen (secondary N) is 1. The third-order valence-electron chi connectivity index (χ3n) is 5.73. The van der Waals surface area contributed by atoms with E-state index in [2.05, 4.69) is 5.32 Å². The molecule has 2 aromatic carbocycles. The first kappa shape index (κ1) is 18.7. The van der Waals surface area contributed by atoms with E-state index >= 15 is 0 Å². The van der Waals surface area contributed by atoms with Gasteiger partial charge in [-0.1, -0.05) is 25.0 Å². The highest BCUT2D eigenvalue weighted by Gasteiger charge is 2.29. The average molecular weight is 423 g/mol. The Bertz CT molecular complexity index is 1390. The van der Waals surface area contributed by atoms with Gasteiger partial charge in [-0.05, 0) is 42.7 Å². The number of para-hydroxylation sites is 1. The summed E-state index contributed by atoms with van der Waals surface area (Å²) in [4.78, 5) is 13.5. The van der Waals surface area contributed by atoms with Crippen LogP contribution in [0.4, 0.5) is 11.4 Å². The molecule has 0 saturated heterocycles. The van der Waals surface area contributed by atoms with Crippen LogP contribution in [0, 0.1) is 5.92 Å². The SMILES string of the molecule is Nc1ccc2c(c1)S(=O)(=O)C=C(c1c(O)c3ccccc3n(CCC3CC3)c1=O)N2. The first-order valence-corrected chi connectivity index (χ1v) is 11.4. The lowest BCUT2D eigenvalue weighted by Crippen LogP contribution is -2.27. The smallest absolute Gasteiger partial charge is 0.264 e. The van der Waals surface area contributed by atoms with Crippen LogP contribution in [-0.4, -0.2) is 18.1 Å². The van der Waals surface area contributed by atoms with Gasteiger partial charge in [0.15, 0.2) is 0 Å². The zero-order chi connectivity index (χ0) is 21.0. The zero-order valence-electron chi connectivity index (χ0n) is 16.1. The third-order valence-corrected chi connectivity index (χ3v) is 7.22. The quantitative estimate of drug-likeness (QED) is 0.555. The monoisotopic (exact) mass is 423 g/mol. The summed E-state index contributed by atoms with van der Waals surface area (Å²) in [5, 5.41) is 15.4. The predicted octanol–water partition coefficient (Wildman–Crippen LogP) is 3.29. The number of sulfone groups is 1. The molecule has 2 heterocycles. The van der Waals surface area contributed by atoms with Crippen molar-refractivity contribution in [1.82, 2.24) is 4.57 Å². The second kappa shape index (κ2) is 6.63. The second-order valence-corrected chi connectivity index (χ2v) is 9.65. The molecule has 4 N–H and O–H groups in total. The summed E-state index contributed by atoms with van der Waals surface area (Å²) >= 11 is 0. The number of nitrogen functional groups attached to an aromatic ring is 1. The molecule has 8 heteroatoms.